The van der Waals surface area contributed by atoms with Gasteiger partial charge in [0.25, 0.3) is 0 Å². The van der Waals surface area contributed by atoms with E-state index in [9.17, 15) is 5.11 Å². The standard InChI is InChI=1S/C9H10N2OS/c1-6-8(2-3-13-6)9(12)7-4-10-11-5-7/h2-5,9,12H,1H3,(H,10,11). The van der Waals surface area contributed by atoms with E-state index < -0.39 is 6.10 Å². The molecular weight excluding hydrogens is 184 g/mol. The van der Waals surface area contributed by atoms with Crippen LogP contribution in [0.3, 0.4) is 0 Å². The van der Waals surface area contributed by atoms with Crippen molar-refractivity contribution in [2.45, 2.75) is 13.0 Å². The summed E-state index contributed by atoms with van der Waals surface area (Å²) in [7, 11) is 0. The predicted molar refractivity (Wildman–Crippen MR) is 51.7 cm³/mol. The third-order valence-electron chi connectivity index (χ3n) is 2.03. The normalized spacial score (nSPS) is 13.1. The van der Waals surface area contributed by atoms with Gasteiger partial charge in [-0.05, 0) is 23.9 Å². The number of rotatable bonds is 2. The summed E-state index contributed by atoms with van der Waals surface area (Å²) in [4.78, 5) is 1.15. The first-order valence-electron chi connectivity index (χ1n) is 4.00. The number of aromatic nitrogens is 2. The van der Waals surface area contributed by atoms with Gasteiger partial charge in [0.2, 0.25) is 0 Å². The zero-order valence-electron chi connectivity index (χ0n) is 7.19. The van der Waals surface area contributed by atoms with Crippen molar-refractivity contribution in [1.29, 1.82) is 0 Å². The summed E-state index contributed by atoms with van der Waals surface area (Å²) < 4.78 is 0. The van der Waals surface area contributed by atoms with E-state index in [-0.39, 0.29) is 0 Å². The van der Waals surface area contributed by atoms with Crippen molar-refractivity contribution in [1.82, 2.24) is 10.2 Å². The molecular formula is C9H10N2OS. The number of H-pyrrole nitrogens is 1. The molecule has 0 amide bonds. The van der Waals surface area contributed by atoms with E-state index in [4.69, 9.17) is 0 Å². The molecule has 0 aromatic carbocycles. The fourth-order valence-corrected chi connectivity index (χ4v) is 2.00. The highest BCUT2D eigenvalue weighted by atomic mass is 32.1. The van der Waals surface area contributed by atoms with Gasteiger partial charge in [-0.3, -0.25) is 5.10 Å². The minimum atomic E-state index is -0.551. The summed E-state index contributed by atoms with van der Waals surface area (Å²) >= 11 is 1.64. The van der Waals surface area contributed by atoms with E-state index >= 15 is 0 Å². The van der Waals surface area contributed by atoms with Crippen LogP contribution in [0.15, 0.2) is 23.8 Å². The number of aliphatic hydroxyl groups excluding tert-OH is 1. The second kappa shape index (κ2) is 3.32. The van der Waals surface area contributed by atoms with E-state index in [1.807, 2.05) is 18.4 Å². The van der Waals surface area contributed by atoms with Crippen LogP contribution in [0.5, 0.6) is 0 Å². The molecule has 0 fully saturated rings. The largest absolute Gasteiger partial charge is 0.383 e. The van der Waals surface area contributed by atoms with Crippen LogP contribution in [-0.4, -0.2) is 15.3 Å². The van der Waals surface area contributed by atoms with Crippen molar-refractivity contribution in [2.24, 2.45) is 0 Å². The molecule has 0 radical (unpaired) electrons. The molecule has 1 atom stereocenters. The lowest BCUT2D eigenvalue weighted by molar-refractivity contribution is 0.220. The van der Waals surface area contributed by atoms with E-state index in [1.54, 1.807) is 23.7 Å². The number of aliphatic hydroxyl groups is 1. The number of hydrogen-bond donors (Lipinski definition) is 2. The van der Waals surface area contributed by atoms with E-state index in [0.717, 1.165) is 16.0 Å². The molecule has 2 heterocycles. The second-order valence-corrected chi connectivity index (χ2v) is 3.99. The van der Waals surface area contributed by atoms with Gasteiger partial charge in [-0.25, -0.2) is 0 Å². The number of aryl methyl sites for hydroxylation is 1. The average Bonchev–Trinajstić information content (AvgIpc) is 2.72. The zero-order chi connectivity index (χ0) is 9.26. The first kappa shape index (κ1) is 8.47. The smallest absolute Gasteiger partial charge is 0.108 e. The van der Waals surface area contributed by atoms with Crippen LogP contribution >= 0.6 is 11.3 Å². The summed E-state index contributed by atoms with van der Waals surface area (Å²) in [5.41, 5.74) is 1.77. The maximum Gasteiger partial charge on any atom is 0.108 e. The number of aromatic amines is 1. The van der Waals surface area contributed by atoms with E-state index in [1.165, 1.54) is 0 Å². The Morgan fingerprint density at radius 2 is 2.46 bits per heavy atom. The van der Waals surface area contributed by atoms with Crippen LogP contribution in [-0.2, 0) is 0 Å². The van der Waals surface area contributed by atoms with Crippen molar-refractivity contribution in [3.63, 3.8) is 0 Å². The van der Waals surface area contributed by atoms with Gasteiger partial charge in [0.15, 0.2) is 0 Å². The Bertz CT molecular complexity index is 380. The van der Waals surface area contributed by atoms with Crippen LogP contribution < -0.4 is 0 Å². The molecule has 68 valence electrons. The summed E-state index contributed by atoms with van der Waals surface area (Å²) in [5, 5.41) is 18.4. The summed E-state index contributed by atoms with van der Waals surface area (Å²) in [5.74, 6) is 0. The van der Waals surface area contributed by atoms with Crippen LogP contribution in [0.4, 0.5) is 0 Å². The summed E-state index contributed by atoms with van der Waals surface area (Å²) in [6.45, 7) is 2.00. The van der Waals surface area contributed by atoms with E-state index in [2.05, 4.69) is 10.2 Å². The zero-order valence-corrected chi connectivity index (χ0v) is 8.01. The van der Waals surface area contributed by atoms with Crippen molar-refractivity contribution >= 4 is 11.3 Å². The highest BCUT2D eigenvalue weighted by Gasteiger charge is 2.13. The van der Waals surface area contributed by atoms with Gasteiger partial charge in [0.1, 0.15) is 6.10 Å². The third kappa shape index (κ3) is 1.50. The van der Waals surface area contributed by atoms with Crippen molar-refractivity contribution in [3.8, 4) is 0 Å². The second-order valence-electron chi connectivity index (χ2n) is 2.87. The fraction of sp³-hybridized carbons (Fsp3) is 0.222. The lowest BCUT2D eigenvalue weighted by Crippen LogP contribution is -1.97. The van der Waals surface area contributed by atoms with Gasteiger partial charge in [-0.15, -0.1) is 11.3 Å². The maximum atomic E-state index is 9.90. The monoisotopic (exact) mass is 194 g/mol. The van der Waals surface area contributed by atoms with E-state index in [0.29, 0.717) is 0 Å². The Balaban J connectivity index is 2.33. The Morgan fingerprint density at radius 1 is 1.62 bits per heavy atom. The highest BCUT2D eigenvalue weighted by Crippen LogP contribution is 2.26. The number of nitrogens with zero attached hydrogens (tertiary/aromatic N) is 1. The fourth-order valence-electron chi connectivity index (χ4n) is 1.27. The third-order valence-corrected chi connectivity index (χ3v) is 2.89. The predicted octanol–water partition coefficient (Wildman–Crippen LogP) is 1.86. The Labute approximate surface area is 80.1 Å². The SMILES string of the molecule is Cc1sccc1C(O)c1cn[nH]c1. The Hall–Kier alpha value is -1.13. The molecule has 3 nitrogen and oxygen atoms in total. The molecule has 0 saturated carbocycles. The maximum absolute atomic E-state index is 9.90. The van der Waals surface area contributed by atoms with Gasteiger partial charge >= 0.3 is 0 Å². The molecule has 2 aromatic heterocycles. The molecule has 1 unspecified atom stereocenters. The van der Waals surface area contributed by atoms with Crippen molar-refractivity contribution in [3.05, 3.63) is 39.8 Å². The van der Waals surface area contributed by atoms with Crippen LogP contribution in [0.25, 0.3) is 0 Å². The molecule has 4 heteroatoms. The van der Waals surface area contributed by atoms with Crippen molar-refractivity contribution in [2.75, 3.05) is 0 Å². The lowest BCUT2D eigenvalue weighted by atomic mass is 10.1. The molecule has 2 rings (SSSR count). The number of hydrogen-bond acceptors (Lipinski definition) is 3. The quantitative estimate of drug-likeness (QED) is 0.766. The minimum Gasteiger partial charge on any atom is -0.383 e. The molecule has 0 aliphatic carbocycles. The van der Waals surface area contributed by atoms with Gasteiger partial charge in [-0.1, -0.05) is 0 Å². The molecule has 2 aromatic rings. The lowest BCUT2D eigenvalue weighted by Gasteiger charge is -2.06. The average molecular weight is 194 g/mol. The molecule has 0 spiro atoms. The Kier molecular flexibility index (Phi) is 2.16. The molecule has 13 heavy (non-hydrogen) atoms. The van der Waals surface area contributed by atoms with Gasteiger partial charge < -0.3 is 5.11 Å². The first-order chi connectivity index (χ1) is 6.29. The summed E-state index contributed by atoms with van der Waals surface area (Å²) in [6, 6.07) is 1.94. The van der Waals surface area contributed by atoms with Crippen molar-refractivity contribution < 1.29 is 5.11 Å². The molecule has 2 N–H and O–H groups in total. The van der Waals surface area contributed by atoms with Gasteiger partial charge in [-0.2, -0.15) is 5.10 Å². The molecule has 0 saturated heterocycles. The van der Waals surface area contributed by atoms with Crippen LogP contribution in [0, 0.1) is 6.92 Å². The van der Waals surface area contributed by atoms with Gasteiger partial charge in [0.05, 0.1) is 6.20 Å². The first-order valence-corrected chi connectivity index (χ1v) is 4.87. The number of nitrogens with one attached hydrogen (secondary N) is 1. The van der Waals surface area contributed by atoms with Gasteiger partial charge in [0, 0.05) is 16.6 Å². The Morgan fingerprint density at radius 3 is 3.00 bits per heavy atom. The summed E-state index contributed by atoms with van der Waals surface area (Å²) in [6.07, 6.45) is 2.80. The molecule has 0 bridgehead atoms. The topological polar surface area (TPSA) is 48.9 Å². The molecule has 0 aliphatic rings. The molecule has 0 aliphatic heterocycles. The minimum absolute atomic E-state index is 0.551. The number of thiophene rings is 1. The van der Waals surface area contributed by atoms with Crippen LogP contribution in [0.2, 0.25) is 0 Å². The van der Waals surface area contributed by atoms with Crippen LogP contribution in [0.1, 0.15) is 22.1 Å². The highest BCUT2D eigenvalue weighted by molar-refractivity contribution is 7.10.